The number of ether oxygens (including phenoxy) is 2. The van der Waals surface area contributed by atoms with Crippen molar-refractivity contribution in [2.45, 2.75) is 18.9 Å². The minimum absolute atomic E-state index is 0.489. The van der Waals surface area contributed by atoms with Gasteiger partial charge in [0, 0.05) is 24.0 Å². The molecule has 3 heteroatoms. The van der Waals surface area contributed by atoms with Gasteiger partial charge in [0.25, 0.3) is 0 Å². The maximum atomic E-state index is 5.80. The smallest absolute Gasteiger partial charge is 0.169 e. The lowest BCUT2D eigenvalue weighted by Gasteiger charge is -2.46. The Hall–Kier alpha value is -2.00. The largest absolute Gasteiger partial charge is 0.493 e. The number of hydrogen-bond donors (Lipinski definition) is 0. The fourth-order valence-corrected chi connectivity index (χ4v) is 4.33. The zero-order valence-electron chi connectivity index (χ0n) is 14.3. The van der Waals surface area contributed by atoms with E-state index in [1.807, 2.05) is 0 Å². The van der Waals surface area contributed by atoms with E-state index in [4.69, 9.17) is 9.47 Å². The Labute approximate surface area is 138 Å². The Kier molecular flexibility index (Phi) is 3.17. The van der Waals surface area contributed by atoms with Crippen molar-refractivity contribution in [1.29, 1.82) is 0 Å². The fraction of sp³-hybridized carbons (Fsp3) is 0.400. The SMILES string of the molecule is COc1cc2c3c(c1OC)-c1ccccc1C[C@@H]3[N+](C)(C)CC2. The van der Waals surface area contributed by atoms with Crippen molar-refractivity contribution < 1.29 is 14.0 Å². The van der Waals surface area contributed by atoms with Crippen LogP contribution in [0.4, 0.5) is 0 Å². The van der Waals surface area contributed by atoms with Gasteiger partial charge in [0.05, 0.1) is 34.9 Å². The summed E-state index contributed by atoms with van der Waals surface area (Å²) in [5, 5.41) is 0. The van der Waals surface area contributed by atoms with Crippen LogP contribution in [0.25, 0.3) is 11.1 Å². The van der Waals surface area contributed by atoms with E-state index in [0.29, 0.717) is 6.04 Å². The lowest BCUT2D eigenvalue weighted by molar-refractivity contribution is -0.923. The summed E-state index contributed by atoms with van der Waals surface area (Å²) >= 11 is 0. The molecule has 0 bridgehead atoms. The van der Waals surface area contributed by atoms with E-state index in [-0.39, 0.29) is 0 Å². The van der Waals surface area contributed by atoms with Crippen LogP contribution in [0.3, 0.4) is 0 Å². The molecule has 1 heterocycles. The molecule has 0 fully saturated rings. The third kappa shape index (κ3) is 1.99. The highest BCUT2D eigenvalue weighted by atomic mass is 16.5. The summed E-state index contributed by atoms with van der Waals surface area (Å²) in [6.07, 6.45) is 2.19. The van der Waals surface area contributed by atoms with Crippen LogP contribution in [0.2, 0.25) is 0 Å². The zero-order valence-corrected chi connectivity index (χ0v) is 14.3. The Bertz CT molecular complexity index is 779. The molecule has 1 aliphatic carbocycles. The van der Waals surface area contributed by atoms with E-state index in [2.05, 4.69) is 44.4 Å². The molecule has 120 valence electrons. The topological polar surface area (TPSA) is 18.5 Å². The number of benzene rings is 2. The van der Waals surface area contributed by atoms with Crippen molar-refractivity contribution in [2.75, 3.05) is 34.9 Å². The highest BCUT2D eigenvalue weighted by Gasteiger charge is 2.42. The molecule has 23 heavy (non-hydrogen) atoms. The lowest BCUT2D eigenvalue weighted by atomic mass is 9.75. The molecule has 0 saturated carbocycles. The van der Waals surface area contributed by atoms with E-state index >= 15 is 0 Å². The van der Waals surface area contributed by atoms with Crippen LogP contribution < -0.4 is 9.47 Å². The first-order valence-electron chi connectivity index (χ1n) is 8.25. The monoisotopic (exact) mass is 310 g/mol. The fourth-order valence-electron chi connectivity index (χ4n) is 4.33. The summed E-state index contributed by atoms with van der Waals surface area (Å²) in [4.78, 5) is 0. The highest BCUT2D eigenvalue weighted by molar-refractivity contribution is 5.83. The summed E-state index contributed by atoms with van der Waals surface area (Å²) in [5.74, 6) is 1.73. The van der Waals surface area contributed by atoms with Gasteiger partial charge in [0.1, 0.15) is 6.04 Å². The van der Waals surface area contributed by atoms with E-state index in [0.717, 1.165) is 35.4 Å². The molecule has 0 spiro atoms. The first kappa shape index (κ1) is 14.6. The van der Waals surface area contributed by atoms with Gasteiger partial charge in [-0.3, -0.25) is 0 Å². The first-order chi connectivity index (χ1) is 11.1. The minimum atomic E-state index is 0.489. The van der Waals surface area contributed by atoms with Gasteiger partial charge in [0.2, 0.25) is 0 Å². The Morgan fingerprint density at radius 3 is 2.57 bits per heavy atom. The number of methoxy groups -OCH3 is 2. The molecule has 2 aliphatic rings. The molecule has 0 unspecified atom stereocenters. The third-order valence-corrected chi connectivity index (χ3v) is 5.63. The molecule has 1 atom stereocenters. The molecule has 0 N–H and O–H groups in total. The van der Waals surface area contributed by atoms with E-state index in [1.165, 1.54) is 27.8 Å². The van der Waals surface area contributed by atoms with Crippen molar-refractivity contribution in [3.8, 4) is 22.6 Å². The van der Waals surface area contributed by atoms with Crippen LogP contribution >= 0.6 is 0 Å². The summed E-state index contributed by atoms with van der Waals surface area (Å²) in [6, 6.07) is 11.4. The number of hydrogen-bond acceptors (Lipinski definition) is 2. The Morgan fingerprint density at radius 2 is 1.83 bits per heavy atom. The van der Waals surface area contributed by atoms with Crippen molar-refractivity contribution in [1.82, 2.24) is 0 Å². The van der Waals surface area contributed by atoms with Gasteiger partial charge in [-0.25, -0.2) is 0 Å². The van der Waals surface area contributed by atoms with Crippen LogP contribution in [0.5, 0.6) is 11.5 Å². The summed E-state index contributed by atoms with van der Waals surface area (Å²) in [6.45, 7) is 1.16. The molecular weight excluding hydrogens is 286 g/mol. The van der Waals surface area contributed by atoms with Crippen LogP contribution in [-0.2, 0) is 12.8 Å². The minimum Gasteiger partial charge on any atom is -0.493 e. The predicted molar refractivity (Wildman–Crippen MR) is 92.1 cm³/mol. The van der Waals surface area contributed by atoms with E-state index in [9.17, 15) is 0 Å². The van der Waals surface area contributed by atoms with Crippen LogP contribution in [-0.4, -0.2) is 39.3 Å². The van der Waals surface area contributed by atoms with Gasteiger partial charge in [-0.2, -0.15) is 0 Å². The second-order valence-electron chi connectivity index (χ2n) is 7.19. The maximum Gasteiger partial charge on any atom is 0.169 e. The molecular formula is C20H24NO2+. The predicted octanol–water partition coefficient (Wildman–Crippen LogP) is 3.60. The molecule has 2 aromatic carbocycles. The number of nitrogens with zero attached hydrogens (tertiary/aromatic N) is 1. The third-order valence-electron chi connectivity index (χ3n) is 5.63. The number of likely N-dealkylation sites (N-methyl/N-ethyl adjacent to an activating group) is 1. The van der Waals surface area contributed by atoms with Gasteiger partial charge in [0.15, 0.2) is 11.5 Å². The van der Waals surface area contributed by atoms with Gasteiger partial charge < -0.3 is 14.0 Å². The molecule has 2 aromatic rings. The molecule has 0 radical (unpaired) electrons. The van der Waals surface area contributed by atoms with Crippen LogP contribution in [0.15, 0.2) is 30.3 Å². The molecule has 0 aromatic heterocycles. The van der Waals surface area contributed by atoms with E-state index in [1.54, 1.807) is 14.2 Å². The summed E-state index contributed by atoms with van der Waals surface area (Å²) < 4.78 is 12.5. The maximum absolute atomic E-state index is 5.80. The van der Waals surface area contributed by atoms with Gasteiger partial charge in [-0.1, -0.05) is 24.3 Å². The number of quaternary nitrogens is 1. The molecule has 0 amide bonds. The zero-order chi connectivity index (χ0) is 16.2. The van der Waals surface area contributed by atoms with Crippen LogP contribution in [0, 0.1) is 0 Å². The highest BCUT2D eigenvalue weighted by Crippen LogP contribution is 2.53. The standard InChI is InChI=1S/C20H24NO2/c1-21(2)10-9-14-12-17(22-3)20(23-4)19-15-8-6-5-7-13(15)11-16(21)18(14)19/h5-8,12,16H,9-11H2,1-4H3/q+1/t16-/m0/s1. The van der Waals surface area contributed by atoms with Gasteiger partial charge in [-0.15, -0.1) is 0 Å². The van der Waals surface area contributed by atoms with Gasteiger partial charge in [-0.05, 0) is 22.8 Å². The number of rotatable bonds is 2. The van der Waals surface area contributed by atoms with Crippen molar-refractivity contribution in [3.63, 3.8) is 0 Å². The Balaban J connectivity index is 2.10. The second kappa shape index (κ2) is 5.00. The average Bonchev–Trinajstić information content (AvgIpc) is 2.57. The van der Waals surface area contributed by atoms with Crippen molar-refractivity contribution in [3.05, 3.63) is 47.0 Å². The van der Waals surface area contributed by atoms with Crippen molar-refractivity contribution in [2.24, 2.45) is 0 Å². The summed E-state index contributed by atoms with van der Waals surface area (Å²) in [5.41, 5.74) is 6.86. The Morgan fingerprint density at radius 1 is 1.04 bits per heavy atom. The lowest BCUT2D eigenvalue weighted by Crippen LogP contribution is -2.49. The molecule has 3 nitrogen and oxygen atoms in total. The quantitative estimate of drug-likeness (QED) is 0.789. The second-order valence-corrected chi connectivity index (χ2v) is 7.19. The first-order valence-corrected chi connectivity index (χ1v) is 8.25. The molecule has 1 aliphatic heterocycles. The summed E-state index contributed by atoms with van der Waals surface area (Å²) in [7, 11) is 8.17. The molecule has 4 rings (SSSR count). The normalized spacial score (nSPS) is 20.4. The van der Waals surface area contributed by atoms with Crippen molar-refractivity contribution >= 4 is 0 Å². The van der Waals surface area contributed by atoms with Crippen LogP contribution in [0.1, 0.15) is 22.7 Å². The number of fused-ring (bicyclic) bond motifs is 2. The molecule has 0 saturated heterocycles. The average molecular weight is 310 g/mol. The van der Waals surface area contributed by atoms with Gasteiger partial charge >= 0.3 is 0 Å². The van der Waals surface area contributed by atoms with E-state index < -0.39 is 0 Å².